The number of hydrogen-bond acceptors (Lipinski definition) is 4. The number of allylic oxidation sites excluding steroid dienone is 1. The average molecular weight is 475 g/mol. The van der Waals surface area contributed by atoms with Crippen LogP contribution in [0.3, 0.4) is 0 Å². The van der Waals surface area contributed by atoms with Crippen molar-refractivity contribution in [2.24, 2.45) is 0 Å². The molecule has 0 aromatic heterocycles. The Kier molecular flexibility index (Phi) is 6.20. The Bertz CT molecular complexity index is 1170. The second kappa shape index (κ2) is 8.61. The van der Waals surface area contributed by atoms with Crippen LogP contribution in [0.15, 0.2) is 82.2 Å². The molecular formula is C21H13BrClNO3S. The van der Waals surface area contributed by atoms with Crippen molar-refractivity contribution in [1.29, 1.82) is 5.26 Å². The zero-order valence-electron chi connectivity index (χ0n) is 14.3. The quantitative estimate of drug-likeness (QED) is 0.261. The van der Waals surface area contributed by atoms with Gasteiger partial charge >= 0.3 is 10.1 Å². The molecule has 0 saturated heterocycles. The maximum absolute atomic E-state index is 12.4. The molecule has 0 bridgehead atoms. The predicted molar refractivity (Wildman–Crippen MR) is 113 cm³/mol. The molecule has 3 rings (SSSR count). The third-order valence-electron chi connectivity index (χ3n) is 3.77. The van der Waals surface area contributed by atoms with Gasteiger partial charge in [-0.2, -0.15) is 13.7 Å². The van der Waals surface area contributed by atoms with Crippen molar-refractivity contribution in [1.82, 2.24) is 0 Å². The number of hydrogen-bond donors (Lipinski definition) is 0. The molecule has 140 valence electrons. The van der Waals surface area contributed by atoms with Crippen LogP contribution in [0.4, 0.5) is 0 Å². The van der Waals surface area contributed by atoms with E-state index in [0.717, 1.165) is 5.56 Å². The number of nitrogens with zero attached hydrogens (tertiary/aromatic N) is 1. The number of nitriles is 1. The molecule has 7 heteroatoms. The molecule has 0 radical (unpaired) electrons. The van der Waals surface area contributed by atoms with Gasteiger partial charge in [0.25, 0.3) is 0 Å². The first-order chi connectivity index (χ1) is 13.4. The van der Waals surface area contributed by atoms with Gasteiger partial charge in [-0.3, -0.25) is 0 Å². The van der Waals surface area contributed by atoms with Gasteiger partial charge in [0.15, 0.2) is 5.75 Å². The first-order valence-corrected chi connectivity index (χ1v) is 10.6. The lowest BCUT2D eigenvalue weighted by atomic mass is 10.0. The third-order valence-corrected chi connectivity index (χ3v) is 5.89. The van der Waals surface area contributed by atoms with Gasteiger partial charge in [0.1, 0.15) is 4.90 Å². The standard InChI is InChI=1S/C21H13BrClNO3S/c22-20-13-15(12-17(14-24)16-7-9-18(23)10-8-16)6-11-21(20)27-28(25,26)19-4-2-1-3-5-19/h1-13H/b17-12+. The Hall–Kier alpha value is -2.59. The summed E-state index contributed by atoms with van der Waals surface area (Å²) in [6.07, 6.45) is 1.70. The molecule has 0 aliphatic rings. The zero-order chi connectivity index (χ0) is 20.1. The molecule has 0 atom stereocenters. The van der Waals surface area contributed by atoms with Crippen LogP contribution >= 0.6 is 27.5 Å². The van der Waals surface area contributed by atoms with Crippen molar-refractivity contribution in [3.8, 4) is 11.8 Å². The van der Waals surface area contributed by atoms with Crippen molar-refractivity contribution in [3.05, 3.63) is 93.4 Å². The molecule has 3 aromatic carbocycles. The lowest BCUT2D eigenvalue weighted by molar-refractivity contribution is 0.484. The highest BCUT2D eigenvalue weighted by Gasteiger charge is 2.17. The van der Waals surface area contributed by atoms with E-state index in [-0.39, 0.29) is 10.6 Å². The Labute approximate surface area is 176 Å². The summed E-state index contributed by atoms with van der Waals surface area (Å²) in [4.78, 5) is 0.0698. The SMILES string of the molecule is N#C/C(=C\c1ccc(OS(=O)(=O)c2ccccc2)c(Br)c1)c1ccc(Cl)cc1. The van der Waals surface area contributed by atoms with E-state index in [4.69, 9.17) is 15.8 Å². The Morgan fingerprint density at radius 2 is 1.71 bits per heavy atom. The highest BCUT2D eigenvalue weighted by molar-refractivity contribution is 9.10. The molecule has 0 N–H and O–H groups in total. The summed E-state index contributed by atoms with van der Waals surface area (Å²) < 4.78 is 30.4. The van der Waals surface area contributed by atoms with Crippen molar-refractivity contribution in [3.63, 3.8) is 0 Å². The fourth-order valence-electron chi connectivity index (χ4n) is 2.40. The molecule has 28 heavy (non-hydrogen) atoms. The molecule has 4 nitrogen and oxygen atoms in total. The number of benzene rings is 3. The molecule has 0 heterocycles. The summed E-state index contributed by atoms with van der Waals surface area (Å²) >= 11 is 9.21. The Morgan fingerprint density at radius 3 is 2.32 bits per heavy atom. The van der Waals surface area contributed by atoms with E-state index in [1.807, 2.05) is 0 Å². The van der Waals surface area contributed by atoms with Crippen LogP contribution in [0.2, 0.25) is 5.02 Å². The largest absolute Gasteiger partial charge is 0.378 e. The normalized spacial score (nSPS) is 11.7. The molecule has 0 amide bonds. The first kappa shape index (κ1) is 20.2. The zero-order valence-corrected chi connectivity index (χ0v) is 17.5. The van der Waals surface area contributed by atoms with Crippen LogP contribution in [0.5, 0.6) is 5.75 Å². The number of halogens is 2. The van der Waals surface area contributed by atoms with E-state index in [0.29, 0.717) is 20.6 Å². The first-order valence-electron chi connectivity index (χ1n) is 8.06. The highest BCUT2D eigenvalue weighted by Crippen LogP contribution is 2.30. The monoisotopic (exact) mass is 473 g/mol. The van der Waals surface area contributed by atoms with Gasteiger partial charge in [0, 0.05) is 5.02 Å². The topological polar surface area (TPSA) is 67.2 Å². The smallest absolute Gasteiger partial charge is 0.339 e. The van der Waals surface area contributed by atoms with Crippen LogP contribution in [0, 0.1) is 11.3 Å². The summed E-state index contributed by atoms with van der Waals surface area (Å²) in [7, 11) is -3.93. The van der Waals surface area contributed by atoms with Crippen LogP contribution in [-0.4, -0.2) is 8.42 Å². The minimum Gasteiger partial charge on any atom is -0.378 e. The summed E-state index contributed by atoms with van der Waals surface area (Å²) in [5, 5.41) is 10.0. The van der Waals surface area contributed by atoms with E-state index < -0.39 is 10.1 Å². The molecule has 0 aliphatic heterocycles. The average Bonchev–Trinajstić information content (AvgIpc) is 2.69. The van der Waals surface area contributed by atoms with E-state index in [1.165, 1.54) is 18.2 Å². The molecule has 0 spiro atoms. The minimum absolute atomic E-state index is 0.0698. The van der Waals surface area contributed by atoms with Gasteiger partial charge in [-0.1, -0.05) is 48.0 Å². The van der Waals surface area contributed by atoms with Crippen LogP contribution in [0.25, 0.3) is 11.6 Å². The summed E-state index contributed by atoms with van der Waals surface area (Å²) in [6.45, 7) is 0. The molecule has 0 fully saturated rings. The summed E-state index contributed by atoms with van der Waals surface area (Å²) in [6, 6.07) is 21.9. The highest BCUT2D eigenvalue weighted by atomic mass is 79.9. The maximum atomic E-state index is 12.4. The summed E-state index contributed by atoms with van der Waals surface area (Å²) in [5.74, 6) is 0.158. The van der Waals surface area contributed by atoms with Gasteiger partial charge in [0.2, 0.25) is 0 Å². The lowest BCUT2D eigenvalue weighted by Gasteiger charge is -2.09. The fraction of sp³-hybridized carbons (Fsp3) is 0. The van der Waals surface area contributed by atoms with Crippen molar-refractivity contribution < 1.29 is 12.6 Å². The second-order valence-corrected chi connectivity index (χ2v) is 8.55. The molecule has 3 aromatic rings. The van der Waals surface area contributed by atoms with Crippen molar-refractivity contribution >= 4 is 49.3 Å². The Morgan fingerprint density at radius 1 is 1.04 bits per heavy atom. The van der Waals surface area contributed by atoms with Gasteiger partial charge in [-0.05, 0) is 69.5 Å². The van der Waals surface area contributed by atoms with E-state index in [2.05, 4.69) is 22.0 Å². The minimum atomic E-state index is -3.93. The van der Waals surface area contributed by atoms with Gasteiger partial charge in [-0.15, -0.1) is 0 Å². The molecule has 0 aliphatic carbocycles. The van der Waals surface area contributed by atoms with E-state index >= 15 is 0 Å². The van der Waals surface area contributed by atoms with E-state index in [9.17, 15) is 13.7 Å². The van der Waals surface area contributed by atoms with Crippen LogP contribution in [0.1, 0.15) is 11.1 Å². The van der Waals surface area contributed by atoms with Crippen LogP contribution in [-0.2, 0) is 10.1 Å². The molecule has 0 saturated carbocycles. The maximum Gasteiger partial charge on any atom is 0.339 e. The molecule has 0 unspecified atom stereocenters. The predicted octanol–water partition coefficient (Wildman–Crippen LogP) is 5.93. The van der Waals surface area contributed by atoms with E-state index in [1.54, 1.807) is 60.7 Å². The lowest BCUT2D eigenvalue weighted by Crippen LogP contribution is -2.09. The second-order valence-electron chi connectivity index (χ2n) is 5.72. The van der Waals surface area contributed by atoms with Crippen molar-refractivity contribution in [2.75, 3.05) is 0 Å². The molecular weight excluding hydrogens is 462 g/mol. The third kappa shape index (κ3) is 4.82. The van der Waals surface area contributed by atoms with Crippen LogP contribution < -0.4 is 4.18 Å². The summed E-state index contributed by atoms with van der Waals surface area (Å²) in [5.41, 5.74) is 1.90. The number of rotatable bonds is 5. The fourth-order valence-corrected chi connectivity index (χ4v) is 4.08. The van der Waals surface area contributed by atoms with Gasteiger partial charge in [0.05, 0.1) is 16.1 Å². The van der Waals surface area contributed by atoms with Gasteiger partial charge in [-0.25, -0.2) is 0 Å². The van der Waals surface area contributed by atoms with Crippen molar-refractivity contribution in [2.45, 2.75) is 4.90 Å². The Balaban J connectivity index is 1.88. The van der Waals surface area contributed by atoms with Gasteiger partial charge < -0.3 is 4.18 Å².